The average molecular weight is 313 g/mol. The Kier molecular flexibility index (Phi) is 6.05. The van der Waals surface area contributed by atoms with E-state index in [1.54, 1.807) is 12.1 Å². The molecule has 1 aromatic carbocycles. The molecule has 0 atom stereocenters. The second-order valence-corrected chi connectivity index (χ2v) is 6.66. The molecule has 110 valence electrons. The Labute approximate surface area is 129 Å². The number of benzene rings is 1. The zero-order valence-corrected chi connectivity index (χ0v) is 13.1. The lowest BCUT2D eigenvalue weighted by Crippen LogP contribution is -2.35. The molecule has 0 heterocycles. The Bertz CT molecular complexity index is 459. The minimum absolute atomic E-state index is 0.0837. The van der Waals surface area contributed by atoms with E-state index < -0.39 is 0 Å². The largest absolute Gasteiger partial charge is 0.399 e. The molecule has 0 spiro atoms. The Hall–Kier alpha value is -0.870. The number of halogens is 1. The van der Waals surface area contributed by atoms with Crippen LogP contribution in [0.3, 0.4) is 0 Å². The van der Waals surface area contributed by atoms with Crippen LogP contribution < -0.4 is 11.1 Å². The number of nitrogen functional groups attached to an aromatic ring is 1. The molecule has 0 radical (unpaired) electrons. The van der Waals surface area contributed by atoms with Crippen molar-refractivity contribution in [1.29, 1.82) is 0 Å². The van der Waals surface area contributed by atoms with Crippen molar-refractivity contribution in [3.8, 4) is 0 Å². The van der Waals surface area contributed by atoms with Crippen LogP contribution in [-0.4, -0.2) is 17.7 Å². The smallest absolute Gasteiger partial charge is 0.230 e. The summed E-state index contributed by atoms with van der Waals surface area (Å²) in [6.07, 6.45) is 7.24. The summed E-state index contributed by atoms with van der Waals surface area (Å²) >= 11 is 7.52. The number of hydrogen-bond acceptors (Lipinski definition) is 3. The van der Waals surface area contributed by atoms with Gasteiger partial charge in [0.15, 0.2) is 0 Å². The Morgan fingerprint density at radius 1 is 1.30 bits per heavy atom. The highest BCUT2D eigenvalue weighted by atomic mass is 35.5. The van der Waals surface area contributed by atoms with Gasteiger partial charge in [-0.2, -0.15) is 0 Å². The molecule has 0 aliphatic heterocycles. The Morgan fingerprint density at radius 3 is 2.70 bits per heavy atom. The summed E-state index contributed by atoms with van der Waals surface area (Å²) in [6, 6.07) is 5.69. The first-order valence-electron chi connectivity index (χ1n) is 7.12. The summed E-state index contributed by atoms with van der Waals surface area (Å²) in [5.41, 5.74) is 6.40. The molecule has 0 bridgehead atoms. The van der Waals surface area contributed by atoms with Gasteiger partial charge in [0, 0.05) is 16.6 Å². The number of thioether (sulfide) groups is 1. The molecule has 0 unspecified atom stereocenters. The van der Waals surface area contributed by atoms with Gasteiger partial charge in [-0.05, 0) is 31.0 Å². The van der Waals surface area contributed by atoms with Crippen molar-refractivity contribution in [1.82, 2.24) is 5.32 Å². The summed E-state index contributed by atoms with van der Waals surface area (Å²) < 4.78 is 0. The monoisotopic (exact) mass is 312 g/mol. The fraction of sp³-hybridized carbons (Fsp3) is 0.533. The molecule has 1 amide bonds. The van der Waals surface area contributed by atoms with Gasteiger partial charge in [0.1, 0.15) is 0 Å². The molecule has 1 aromatic rings. The first-order chi connectivity index (χ1) is 9.65. The SMILES string of the molecule is Nc1ccc(Cl)c(SCC(=O)NC2CCCCCC2)c1. The van der Waals surface area contributed by atoms with Crippen LogP contribution in [0.1, 0.15) is 38.5 Å². The summed E-state index contributed by atoms with van der Waals surface area (Å²) in [6.45, 7) is 0. The van der Waals surface area contributed by atoms with Crippen molar-refractivity contribution in [3.05, 3.63) is 23.2 Å². The van der Waals surface area contributed by atoms with Crippen molar-refractivity contribution >= 4 is 35.0 Å². The number of amides is 1. The average Bonchev–Trinajstić information content (AvgIpc) is 2.68. The maximum Gasteiger partial charge on any atom is 0.230 e. The standard InChI is InChI=1S/C15H21ClN2OS/c16-13-8-7-11(17)9-14(13)20-10-15(19)18-12-5-3-1-2-4-6-12/h7-9,12H,1-6,10,17H2,(H,18,19). The maximum atomic E-state index is 12.0. The van der Waals surface area contributed by atoms with Crippen LogP contribution in [0, 0.1) is 0 Å². The molecular weight excluding hydrogens is 292 g/mol. The van der Waals surface area contributed by atoms with E-state index in [1.807, 2.05) is 6.07 Å². The minimum Gasteiger partial charge on any atom is -0.399 e. The normalized spacial score (nSPS) is 16.6. The topological polar surface area (TPSA) is 55.1 Å². The van der Waals surface area contributed by atoms with Crippen LogP contribution in [0.5, 0.6) is 0 Å². The summed E-state index contributed by atoms with van der Waals surface area (Å²) in [5.74, 6) is 0.472. The van der Waals surface area contributed by atoms with E-state index in [4.69, 9.17) is 17.3 Å². The Morgan fingerprint density at radius 2 is 2.00 bits per heavy atom. The van der Waals surface area contributed by atoms with E-state index in [-0.39, 0.29) is 5.91 Å². The summed E-state index contributed by atoms with van der Waals surface area (Å²) in [5, 5.41) is 3.77. The van der Waals surface area contributed by atoms with E-state index in [2.05, 4.69) is 5.32 Å². The van der Waals surface area contributed by atoms with Crippen LogP contribution in [-0.2, 0) is 4.79 Å². The van der Waals surface area contributed by atoms with E-state index in [0.29, 0.717) is 22.5 Å². The third kappa shape index (κ3) is 4.91. The van der Waals surface area contributed by atoms with Crippen LogP contribution in [0.4, 0.5) is 5.69 Å². The highest BCUT2D eigenvalue weighted by molar-refractivity contribution is 8.00. The summed E-state index contributed by atoms with van der Waals surface area (Å²) in [7, 11) is 0. The zero-order chi connectivity index (χ0) is 14.4. The van der Waals surface area contributed by atoms with Crippen molar-refractivity contribution in [2.45, 2.75) is 49.5 Å². The van der Waals surface area contributed by atoms with Gasteiger partial charge >= 0.3 is 0 Å². The molecule has 0 saturated heterocycles. The molecule has 1 aliphatic carbocycles. The molecule has 3 N–H and O–H groups in total. The van der Waals surface area contributed by atoms with E-state index >= 15 is 0 Å². The molecule has 2 rings (SSSR count). The molecule has 0 aromatic heterocycles. The van der Waals surface area contributed by atoms with E-state index in [0.717, 1.165) is 17.7 Å². The minimum atomic E-state index is 0.0837. The number of anilines is 1. The molecule has 1 fully saturated rings. The lowest BCUT2D eigenvalue weighted by Gasteiger charge is -2.16. The van der Waals surface area contributed by atoms with Gasteiger partial charge < -0.3 is 11.1 Å². The number of nitrogens with two attached hydrogens (primary N) is 1. The predicted molar refractivity (Wildman–Crippen MR) is 86.2 cm³/mol. The number of rotatable bonds is 4. The fourth-order valence-electron chi connectivity index (χ4n) is 2.47. The van der Waals surface area contributed by atoms with Crippen molar-refractivity contribution in [2.75, 3.05) is 11.5 Å². The lowest BCUT2D eigenvalue weighted by molar-refractivity contribution is -0.119. The fourth-order valence-corrected chi connectivity index (χ4v) is 3.54. The van der Waals surface area contributed by atoms with E-state index in [1.165, 1.54) is 37.4 Å². The molecule has 5 heteroatoms. The quantitative estimate of drug-likeness (QED) is 0.504. The van der Waals surface area contributed by atoms with Gasteiger partial charge in [0.2, 0.25) is 5.91 Å². The van der Waals surface area contributed by atoms with Crippen LogP contribution >= 0.6 is 23.4 Å². The third-order valence-electron chi connectivity index (χ3n) is 3.53. The zero-order valence-electron chi connectivity index (χ0n) is 11.5. The lowest BCUT2D eigenvalue weighted by atomic mass is 10.1. The molecule has 3 nitrogen and oxygen atoms in total. The van der Waals surface area contributed by atoms with Gasteiger partial charge in [-0.1, -0.05) is 37.3 Å². The van der Waals surface area contributed by atoms with Gasteiger partial charge in [-0.25, -0.2) is 0 Å². The number of carbonyl (C=O) groups excluding carboxylic acids is 1. The molecule has 1 saturated carbocycles. The summed E-state index contributed by atoms with van der Waals surface area (Å²) in [4.78, 5) is 12.9. The number of hydrogen-bond donors (Lipinski definition) is 2. The van der Waals surface area contributed by atoms with Crippen LogP contribution in [0.15, 0.2) is 23.1 Å². The second kappa shape index (κ2) is 7.79. The van der Waals surface area contributed by atoms with Crippen molar-refractivity contribution < 1.29 is 4.79 Å². The van der Waals surface area contributed by atoms with Crippen LogP contribution in [0.2, 0.25) is 5.02 Å². The third-order valence-corrected chi connectivity index (χ3v) is 5.03. The number of nitrogens with one attached hydrogen (secondary N) is 1. The maximum absolute atomic E-state index is 12.0. The molecule has 20 heavy (non-hydrogen) atoms. The van der Waals surface area contributed by atoms with Crippen LogP contribution in [0.25, 0.3) is 0 Å². The second-order valence-electron chi connectivity index (χ2n) is 5.23. The number of carbonyl (C=O) groups is 1. The van der Waals surface area contributed by atoms with Gasteiger partial charge in [-0.3, -0.25) is 4.79 Å². The first kappa shape index (κ1) is 15.5. The van der Waals surface area contributed by atoms with Gasteiger partial charge in [-0.15, -0.1) is 11.8 Å². The highest BCUT2D eigenvalue weighted by Crippen LogP contribution is 2.29. The van der Waals surface area contributed by atoms with Gasteiger partial charge in [0.25, 0.3) is 0 Å². The molecular formula is C15H21ClN2OS. The highest BCUT2D eigenvalue weighted by Gasteiger charge is 2.15. The predicted octanol–water partition coefficient (Wildman–Crippen LogP) is 3.85. The van der Waals surface area contributed by atoms with Crippen molar-refractivity contribution in [2.24, 2.45) is 0 Å². The Balaban J connectivity index is 1.81. The first-order valence-corrected chi connectivity index (χ1v) is 8.48. The molecule has 1 aliphatic rings. The van der Waals surface area contributed by atoms with Gasteiger partial charge in [0.05, 0.1) is 10.8 Å². The van der Waals surface area contributed by atoms with Crippen molar-refractivity contribution in [3.63, 3.8) is 0 Å². The van der Waals surface area contributed by atoms with E-state index in [9.17, 15) is 4.79 Å².